The number of hydrogen-bond donors (Lipinski definition) is 1. The molecule has 0 aliphatic heterocycles. The molecule has 1 aromatic heterocycles. The third-order valence-corrected chi connectivity index (χ3v) is 5.34. The van der Waals surface area contributed by atoms with Crippen molar-refractivity contribution < 1.29 is 18.7 Å². The fraction of sp³-hybridized carbons (Fsp3) is 0.250. The van der Waals surface area contributed by atoms with E-state index in [0.29, 0.717) is 43.6 Å². The van der Waals surface area contributed by atoms with Gasteiger partial charge in [-0.25, -0.2) is 4.39 Å². The predicted molar refractivity (Wildman–Crippen MR) is 108 cm³/mol. The van der Waals surface area contributed by atoms with E-state index in [9.17, 15) is 9.18 Å². The van der Waals surface area contributed by atoms with Crippen LogP contribution in [0.5, 0.6) is 5.75 Å². The van der Waals surface area contributed by atoms with Crippen LogP contribution in [-0.2, 0) is 11.3 Å². The van der Waals surface area contributed by atoms with Crippen LogP contribution in [0, 0.1) is 5.82 Å². The second-order valence-corrected chi connectivity index (χ2v) is 7.39. The zero-order valence-corrected chi connectivity index (χ0v) is 16.5. The van der Waals surface area contributed by atoms with Crippen molar-refractivity contribution in [1.29, 1.82) is 0 Å². The van der Waals surface area contributed by atoms with Crippen LogP contribution < -0.4 is 10.1 Å². The highest BCUT2D eigenvalue weighted by molar-refractivity contribution is 7.21. The minimum atomic E-state index is -0.371. The number of hydrogen-bond acceptors (Lipinski definition) is 4. The molecule has 1 N–H and O–H groups in total. The monoisotopic (exact) mass is 407 g/mol. The first kappa shape index (κ1) is 19.6. The fourth-order valence-corrected chi connectivity index (χ4v) is 4.04. The Bertz CT molecular complexity index is 973. The highest BCUT2D eigenvalue weighted by Gasteiger charge is 2.21. The fourth-order valence-electron chi connectivity index (χ4n) is 2.75. The second kappa shape index (κ2) is 8.69. The van der Waals surface area contributed by atoms with Crippen molar-refractivity contribution in [2.75, 3.05) is 19.0 Å². The molecule has 0 saturated heterocycles. The first-order chi connectivity index (χ1) is 13.0. The molecule has 1 amide bonds. The lowest BCUT2D eigenvalue weighted by Gasteiger charge is -2.13. The average Bonchev–Trinajstić information content (AvgIpc) is 3.01. The summed E-state index contributed by atoms with van der Waals surface area (Å²) in [6, 6.07) is 9.84. The number of fused-ring (bicyclic) bond motifs is 1. The Hall–Kier alpha value is -2.15. The summed E-state index contributed by atoms with van der Waals surface area (Å²) in [5.74, 6) is -0.189. The van der Waals surface area contributed by atoms with Crippen LogP contribution in [0.1, 0.15) is 28.6 Å². The second-order valence-electron chi connectivity index (χ2n) is 5.90. The van der Waals surface area contributed by atoms with E-state index in [1.165, 1.54) is 24.5 Å². The molecule has 0 radical (unpaired) electrons. The Kier molecular flexibility index (Phi) is 6.31. The van der Waals surface area contributed by atoms with Crippen molar-refractivity contribution in [1.82, 2.24) is 0 Å². The van der Waals surface area contributed by atoms with Gasteiger partial charge >= 0.3 is 0 Å². The molecule has 3 aromatic rings. The topological polar surface area (TPSA) is 47.6 Å². The van der Waals surface area contributed by atoms with Gasteiger partial charge in [-0.3, -0.25) is 4.79 Å². The van der Waals surface area contributed by atoms with Crippen LogP contribution in [0.15, 0.2) is 36.4 Å². The number of thiophene rings is 1. The van der Waals surface area contributed by atoms with Gasteiger partial charge in [0.15, 0.2) is 0 Å². The molecule has 2 aromatic carbocycles. The molecular weight excluding hydrogens is 389 g/mol. The van der Waals surface area contributed by atoms with Crippen molar-refractivity contribution in [3.05, 3.63) is 57.7 Å². The third kappa shape index (κ3) is 4.24. The van der Waals surface area contributed by atoms with Crippen LogP contribution in [0.25, 0.3) is 10.1 Å². The van der Waals surface area contributed by atoms with Crippen LogP contribution in [0.3, 0.4) is 0 Å². The number of carbonyl (C=O) groups is 1. The number of halogens is 2. The molecule has 27 heavy (non-hydrogen) atoms. The van der Waals surface area contributed by atoms with Crippen LogP contribution in [-0.4, -0.2) is 19.6 Å². The quantitative estimate of drug-likeness (QED) is 0.531. The Morgan fingerprint density at radius 3 is 2.85 bits per heavy atom. The number of anilines is 1. The van der Waals surface area contributed by atoms with Crippen molar-refractivity contribution in [3.8, 4) is 5.75 Å². The summed E-state index contributed by atoms with van der Waals surface area (Å²) in [4.78, 5) is 13.4. The molecule has 0 spiro atoms. The van der Waals surface area contributed by atoms with E-state index in [0.717, 1.165) is 6.42 Å². The van der Waals surface area contributed by atoms with Crippen molar-refractivity contribution in [2.45, 2.75) is 20.0 Å². The standard InChI is InChI=1S/C20H19ClFNO3S/c1-3-9-26-16-8-7-12(21)10-15(16)23-20(24)19-13(11-25-2)18-14(22)5-4-6-17(18)27-19/h4-8,10H,3,9,11H2,1-2H3,(H,23,24). The number of amides is 1. The summed E-state index contributed by atoms with van der Waals surface area (Å²) in [5, 5.41) is 3.74. The van der Waals surface area contributed by atoms with Gasteiger partial charge in [0.25, 0.3) is 5.91 Å². The van der Waals surface area contributed by atoms with Gasteiger partial charge < -0.3 is 14.8 Å². The number of carbonyl (C=O) groups excluding carboxylic acids is 1. The molecule has 0 bridgehead atoms. The van der Waals surface area contributed by atoms with Gasteiger partial charge in [-0.05, 0) is 36.8 Å². The Morgan fingerprint density at radius 1 is 1.30 bits per heavy atom. The number of nitrogens with one attached hydrogen (secondary N) is 1. The molecule has 0 unspecified atom stereocenters. The van der Waals surface area contributed by atoms with E-state index in [2.05, 4.69) is 5.32 Å². The number of ether oxygens (including phenoxy) is 2. The summed E-state index contributed by atoms with van der Waals surface area (Å²) < 4.78 is 25.9. The molecule has 1 heterocycles. The Morgan fingerprint density at radius 2 is 2.11 bits per heavy atom. The maximum atomic E-state index is 14.3. The van der Waals surface area contributed by atoms with Crippen molar-refractivity contribution in [2.24, 2.45) is 0 Å². The van der Waals surface area contributed by atoms with E-state index in [1.54, 1.807) is 30.3 Å². The SMILES string of the molecule is CCCOc1ccc(Cl)cc1NC(=O)c1sc2cccc(F)c2c1COC. The van der Waals surface area contributed by atoms with Crippen LogP contribution in [0.2, 0.25) is 5.02 Å². The van der Waals surface area contributed by atoms with E-state index < -0.39 is 0 Å². The zero-order chi connectivity index (χ0) is 19.4. The van der Waals surface area contributed by atoms with Crippen molar-refractivity contribution >= 4 is 44.6 Å². The maximum absolute atomic E-state index is 14.3. The highest BCUT2D eigenvalue weighted by Crippen LogP contribution is 2.35. The first-order valence-electron chi connectivity index (χ1n) is 8.47. The van der Waals surface area contributed by atoms with Gasteiger partial charge in [0.1, 0.15) is 11.6 Å². The minimum Gasteiger partial charge on any atom is -0.491 e. The predicted octanol–water partition coefficient (Wildman–Crippen LogP) is 5.88. The van der Waals surface area contributed by atoms with Gasteiger partial charge in [0.2, 0.25) is 0 Å². The van der Waals surface area contributed by atoms with Gasteiger partial charge in [-0.1, -0.05) is 24.6 Å². The molecule has 142 valence electrons. The van der Waals surface area contributed by atoms with E-state index in [4.69, 9.17) is 21.1 Å². The van der Waals surface area contributed by atoms with Crippen LogP contribution in [0.4, 0.5) is 10.1 Å². The normalized spacial score (nSPS) is 11.0. The van der Waals surface area contributed by atoms with Gasteiger partial charge in [-0.15, -0.1) is 11.3 Å². The number of rotatable bonds is 7. The summed E-state index contributed by atoms with van der Waals surface area (Å²) in [6.07, 6.45) is 0.837. The lowest BCUT2D eigenvalue weighted by atomic mass is 10.1. The molecular formula is C20H19ClFNO3S. The van der Waals surface area contributed by atoms with Gasteiger partial charge in [-0.2, -0.15) is 0 Å². The molecule has 0 aliphatic carbocycles. The molecule has 7 heteroatoms. The highest BCUT2D eigenvalue weighted by atomic mass is 35.5. The lowest BCUT2D eigenvalue weighted by molar-refractivity contribution is 0.102. The van der Waals surface area contributed by atoms with E-state index in [1.807, 2.05) is 6.92 Å². The van der Waals surface area contributed by atoms with Crippen LogP contribution >= 0.6 is 22.9 Å². The third-order valence-electron chi connectivity index (χ3n) is 3.91. The summed E-state index contributed by atoms with van der Waals surface area (Å²) in [6.45, 7) is 2.66. The summed E-state index contributed by atoms with van der Waals surface area (Å²) in [7, 11) is 1.51. The molecule has 0 fully saturated rings. The molecule has 3 rings (SSSR count). The number of benzene rings is 2. The zero-order valence-electron chi connectivity index (χ0n) is 15.0. The van der Waals surface area contributed by atoms with Gasteiger partial charge in [0.05, 0.1) is 23.8 Å². The molecule has 4 nitrogen and oxygen atoms in total. The van der Waals surface area contributed by atoms with E-state index in [-0.39, 0.29) is 18.3 Å². The molecule has 0 atom stereocenters. The maximum Gasteiger partial charge on any atom is 0.266 e. The van der Waals surface area contributed by atoms with E-state index >= 15 is 0 Å². The average molecular weight is 408 g/mol. The molecule has 0 aliphatic rings. The number of methoxy groups -OCH3 is 1. The summed E-state index contributed by atoms with van der Waals surface area (Å²) >= 11 is 7.30. The molecule has 0 saturated carbocycles. The van der Waals surface area contributed by atoms with Crippen molar-refractivity contribution in [3.63, 3.8) is 0 Å². The van der Waals surface area contributed by atoms with Gasteiger partial charge in [0, 0.05) is 27.8 Å². The first-order valence-corrected chi connectivity index (χ1v) is 9.67. The Balaban J connectivity index is 1.99. The smallest absolute Gasteiger partial charge is 0.266 e. The largest absolute Gasteiger partial charge is 0.491 e. The Labute approximate surface area is 165 Å². The lowest BCUT2D eigenvalue weighted by Crippen LogP contribution is -2.14. The summed E-state index contributed by atoms with van der Waals surface area (Å²) in [5.41, 5.74) is 1.01. The minimum absolute atomic E-state index is 0.137.